The summed E-state index contributed by atoms with van der Waals surface area (Å²) in [6.07, 6.45) is 0. The Bertz CT molecular complexity index is 756. The first kappa shape index (κ1) is 17.7. The van der Waals surface area contributed by atoms with Gasteiger partial charge in [0, 0.05) is 22.4 Å². The van der Waals surface area contributed by atoms with Crippen molar-refractivity contribution in [2.45, 2.75) is 40.2 Å². The van der Waals surface area contributed by atoms with E-state index in [0.29, 0.717) is 11.1 Å². The highest BCUT2D eigenvalue weighted by Crippen LogP contribution is 2.17. The Morgan fingerprint density at radius 2 is 1.38 bits per heavy atom. The molecule has 2 rings (SSSR count). The standard InChI is InChI=1S/C20H24N2O2/c1-13-6-11-17(14(2)12-13)21-18(23)15-7-9-16(10-8-15)19(24)22-20(3,4)5/h6-12H,1-5H3,(H,21,23)(H,22,24). The Kier molecular flexibility index (Phi) is 5.07. The summed E-state index contributed by atoms with van der Waals surface area (Å²) in [6, 6.07) is 12.5. The minimum absolute atomic E-state index is 0.149. The van der Waals surface area contributed by atoms with Crippen LogP contribution in [0.3, 0.4) is 0 Å². The Labute approximate surface area is 143 Å². The van der Waals surface area contributed by atoms with Gasteiger partial charge in [0.2, 0.25) is 0 Å². The summed E-state index contributed by atoms with van der Waals surface area (Å²) in [6.45, 7) is 9.76. The number of anilines is 1. The summed E-state index contributed by atoms with van der Waals surface area (Å²) in [5.74, 6) is -0.339. The SMILES string of the molecule is Cc1ccc(NC(=O)c2ccc(C(=O)NC(C)(C)C)cc2)c(C)c1. The molecule has 0 aliphatic heterocycles. The number of aryl methyl sites for hydroxylation is 2. The number of nitrogens with one attached hydrogen (secondary N) is 2. The largest absolute Gasteiger partial charge is 0.347 e. The quantitative estimate of drug-likeness (QED) is 0.893. The van der Waals surface area contributed by atoms with Gasteiger partial charge in [0.05, 0.1) is 0 Å². The summed E-state index contributed by atoms with van der Waals surface area (Å²) in [5, 5.41) is 5.80. The molecule has 2 aromatic carbocycles. The van der Waals surface area contributed by atoms with Crippen LogP contribution in [0.4, 0.5) is 5.69 Å². The summed E-state index contributed by atoms with van der Waals surface area (Å²) < 4.78 is 0. The lowest BCUT2D eigenvalue weighted by molar-refractivity contribution is 0.0918. The summed E-state index contributed by atoms with van der Waals surface area (Å²) in [5.41, 5.74) is 3.72. The lowest BCUT2D eigenvalue weighted by atomic mass is 10.1. The summed E-state index contributed by atoms with van der Waals surface area (Å²) in [7, 11) is 0. The van der Waals surface area contributed by atoms with Crippen molar-refractivity contribution in [2.75, 3.05) is 5.32 Å². The molecule has 126 valence electrons. The van der Waals surface area contributed by atoms with E-state index in [1.807, 2.05) is 52.8 Å². The number of amides is 2. The van der Waals surface area contributed by atoms with Gasteiger partial charge in [0.1, 0.15) is 0 Å². The molecule has 2 N–H and O–H groups in total. The average Bonchev–Trinajstić information content (AvgIpc) is 2.48. The summed E-state index contributed by atoms with van der Waals surface area (Å²) >= 11 is 0. The van der Waals surface area contributed by atoms with Crippen molar-refractivity contribution in [2.24, 2.45) is 0 Å². The molecular formula is C20H24N2O2. The van der Waals surface area contributed by atoms with E-state index < -0.39 is 0 Å². The number of hydrogen-bond donors (Lipinski definition) is 2. The zero-order chi connectivity index (χ0) is 17.9. The molecule has 2 amide bonds. The molecule has 0 unspecified atom stereocenters. The lowest BCUT2D eigenvalue weighted by Crippen LogP contribution is -2.40. The zero-order valence-corrected chi connectivity index (χ0v) is 14.9. The molecule has 0 saturated heterocycles. The fourth-order valence-electron chi connectivity index (χ4n) is 2.33. The third-order valence-corrected chi connectivity index (χ3v) is 3.53. The molecule has 2 aromatic rings. The van der Waals surface area contributed by atoms with E-state index in [0.717, 1.165) is 16.8 Å². The van der Waals surface area contributed by atoms with Crippen LogP contribution in [0.1, 0.15) is 52.6 Å². The van der Waals surface area contributed by atoms with Crippen molar-refractivity contribution in [1.82, 2.24) is 5.32 Å². The first-order valence-corrected chi connectivity index (χ1v) is 7.97. The van der Waals surface area contributed by atoms with Crippen molar-refractivity contribution in [3.63, 3.8) is 0 Å². The predicted octanol–water partition coefficient (Wildman–Crippen LogP) is 4.08. The highest BCUT2D eigenvalue weighted by molar-refractivity contribution is 6.05. The molecule has 24 heavy (non-hydrogen) atoms. The number of carbonyl (C=O) groups is 2. The minimum Gasteiger partial charge on any atom is -0.347 e. The van der Waals surface area contributed by atoms with Gasteiger partial charge in [-0.2, -0.15) is 0 Å². The first-order chi connectivity index (χ1) is 11.2. The molecule has 0 saturated carbocycles. The Morgan fingerprint density at radius 1 is 0.833 bits per heavy atom. The molecule has 4 nitrogen and oxygen atoms in total. The normalized spacial score (nSPS) is 11.0. The average molecular weight is 324 g/mol. The molecule has 0 aromatic heterocycles. The van der Waals surface area contributed by atoms with Crippen LogP contribution in [0, 0.1) is 13.8 Å². The number of carbonyl (C=O) groups excluding carboxylic acids is 2. The van der Waals surface area contributed by atoms with E-state index >= 15 is 0 Å². The minimum atomic E-state index is -0.296. The van der Waals surface area contributed by atoms with E-state index in [4.69, 9.17) is 0 Å². The van der Waals surface area contributed by atoms with Crippen LogP contribution in [0.15, 0.2) is 42.5 Å². The molecule has 0 bridgehead atoms. The molecule has 0 spiro atoms. The molecule has 0 atom stereocenters. The molecule has 4 heteroatoms. The molecule has 0 fully saturated rings. The smallest absolute Gasteiger partial charge is 0.255 e. The molecule has 0 radical (unpaired) electrons. The molecule has 0 aliphatic carbocycles. The highest BCUT2D eigenvalue weighted by Gasteiger charge is 2.16. The van der Waals surface area contributed by atoms with E-state index in [1.165, 1.54) is 0 Å². The van der Waals surface area contributed by atoms with Gasteiger partial charge in [-0.3, -0.25) is 9.59 Å². The van der Waals surface area contributed by atoms with Crippen molar-refractivity contribution >= 4 is 17.5 Å². The van der Waals surface area contributed by atoms with Gasteiger partial charge < -0.3 is 10.6 Å². The van der Waals surface area contributed by atoms with Gasteiger partial charge in [-0.1, -0.05) is 17.7 Å². The topological polar surface area (TPSA) is 58.2 Å². The second-order valence-corrected chi connectivity index (χ2v) is 7.05. The van der Waals surface area contributed by atoms with Gasteiger partial charge >= 0.3 is 0 Å². The van der Waals surface area contributed by atoms with Crippen LogP contribution >= 0.6 is 0 Å². The maximum Gasteiger partial charge on any atom is 0.255 e. The van der Waals surface area contributed by atoms with Gasteiger partial charge in [0.15, 0.2) is 0 Å². The van der Waals surface area contributed by atoms with Crippen LogP contribution in [0.5, 0.6) is 0 Å². The van der Waals surface area contributed by atoms with Crippen LogP contribution < -0.4 is 10.6 Å². The molecular weight excluding hydrogens is 300 g/mol. The second kappa shape index (κ2) is 6.87. The predicted molar refractivity (Wildman–Crippen MR) is 97.5 cm³/mol. The second-order valence-electron chi connectivity index (χ2n) is 7.05. The number of rotatable bonds is 3. The number of hydrogen-bond acceptors (Lipinski definition) is 2. The van der Waals surface area contributed by atoms with Crippen LogP contribution in [0.2, 0.25) is 0 Å². The third kappa shape index (κ3) is 4.69. The Balaban J connectivity index is 2.10. The zero-order valence-electron chi connectivity index (χ0n) is 14.9. The summed E-state index contributed by atoms with van der Waals surface area (Å²) in [4.78, 5) is 24.4. The number of benzene rings is 2. The Hall–Kier alpha value is -2.62. The van der Waals surface area contributed by atoms with Gasteiger partial charge in [-0.25, -0.2) is 0 Å². The van der Waals surface area contributed by atoms with Gasteiger partial charge in [-0.05, 0) is 70.5 Å². The first-order valence-electron chi connectivity index (χ1n) is 7.97. The highest BCUT2D eigenvalue weighted by atomic mass is 16.2. The van der Waals surface area contributed by atoms with Crippen molar-refractivity contribution in [1.29, 1.82) is 0 Å². The van der Waals surface area contributed by atoms with Crippen LogP contribution in [0.25, 0.3) is 0 Å². The van der Waals surface area contributed by atoms with Gasteiger partial charge in [0.25, 0.3) is 11.8 Å². The fraction of sp³-hybridized carbons (Fsp3) is 0.300. The maximum absolute atomic E-state index is 12.3. The van der Waals surface area contributed by atoms with Crippen molar-refractivity contribution < 1.29 is 9.59 Å². The van der Waals surface area contributed by atoms with Gasteiger partial charge in [-0.15, -0.1) is 0 Å². The fourth-order valence-corrected chi connectivity index (χ4v) is 2.33. The van der Waals surface area contributed by atoms with E-state index in [2.05, 4.69) is 10.6 Å². The molecule has 0 heterocycles. The van der Waals surface area contributed by atoms with E-state index in [1.54, 1.807) is 24.3 Å². The third-order valence-electron chi connectivity index (χ3n) is 3.53. The van der Waals surface area contributed by atoms with Crippen LogP contribution in [-0.2, 0) is 0 Å². The van der Waals surface area contributed by atoms with Crippen molar-refractivity contribution in [3.05, 3.63) is 64.7 Å². The van der Waals surface area contributed by atoms with E-state index in [9.17, 15) is 9.59 Å². The monoisotopic (exact) mass is 324 g/mol. The van der Waals surface area contributed by atoms with E-state index in [-0.39, 0.29) is 17.4 Å². The Morgan fingerprint density at radius 3 is 1.88 bits per heavy atom. The van der Waals surface area contributed by atoms with Crippen molar-refractivity contribution in [3.8, 4) is 0 Å². The lowest BCUT2D eigenvalue weighted by Gasteiger charge is -2.20. The molecule has 0 aliphatic rings. The maximum atomic E-state index is 12.3. The van der Waals surface area contributed by atoms with Crippen LogP contribution in [-0.4, -0.2) is 17.4 Å².